The summed E-state index contributed by atoms with van der Waals surface area (Å²) in [6.07, 6.45) is 0. The molecule has 3 nitrogen and oxygen atoms in total. The van der Waals surface area contributed by atoms with Crippen LogP contribution in [0, 0.1) is 13.8 Å². The number of aryl methyl sites for hydroxylation is 2. The molecule has 1 N–H and O–H groups in total. The van der Waals surface area contributed by atoms with E-state index >= 15 is 0 Å². The van der Waals surface area contributed by atoms with Crippen molar-refractivity contribution in [1.82, 2.24) is 9.97 Å². The number of rotatable bonds is 3. The van der Waals surface area contributed by atoms with Crippen molar-refractivity contribution in [2.75, 3.05) is 12.4 Å². The van der Waals surface area contributed by atoms with Gasteiger partial charge in [-0.2, -0.15) is 0 Å². The van der Waals surface area contributed by atoms with Crippen molar-refractivity contribution in [3.05, 3.63) is 40.8 Å². The van der Waals surface area contributed by atoms with E-state index in [9.17, 15) is 0 Å². The van der Waals surface area contributed by atoms with Crippen LogP contribution in [0.4, 0.5) is 5.95 Å². The minimum atomic E-state index is 0.673. The molecule has 0 saturated carbocycles. The molecule has 0 atom stereocenters. The van der Waals surface area contributed by atoms with Crippen molar-refractivity contribution in [2.24, 2.45) is 0 Å². The molecule has 0 bridgehead atoms. The number of fused-ring (bicyclic) bond motifs is 1. The highest BCUT2D eigenvalue weighted by atomic mass is 32.2. The Morgan fingerprint density at radius 2 is 2.00 bits per heavy atom. The standard InChI is InChI=1S/C15H15N3S2/c1-9-4-5-12(10(2)8-9)20-14-11-6-7-19-13(11)17-15(16-3)18-14/h4-8H,1-3H3,(H,16,17,18). The van der Waals surface area contributed by atoms with Gasteiger partial charge in [0.05, 0.1) is 0 Å². The Hall–Kier alpha value is -1.59. The van der Waals surface area contributed by atoms with Crippen molar-refractivity contribution < 1.29 is 0 Å². The van der Waals surface area contributed by atoms with E-state index in [0.717, 1.165) is 15.2 Å². The largest absolute Gasteiger partial charge is 0.357 e. The molecule has 5 heteroatoms. The van der Waals surface area contributed by atoms with Gasteiger partial charge in [-0.25, -0.2) is 9.97 Å². The fourth-order valence-corrected chi connectivity index (χ4v) is 3.84. The summed E-state index contributed by atoms with van der Waals surface area (Å²) >= 11 is 3.35. The van der Waals surface area contributed by atoms with Gasteiger partial charge in [0.2, 0.25) is 5.95 Å². The van der Waals surface area contributed by atoms with Crippen molar-refractivity contribution in [3.8, 4) is 0 Å². The summed E-state index contributed by atoms with van der Waals surface area (Å²) in [7, 11) is 1.85. The molecule has 0 amide bonds. The summed E-state index contributed by atoms with van der Waals surface area (Å²) in [4.78, 5) is 11.3. The van der Waals surface area contributed by atoms with E-state index in [1.165, 1.54) is 16.0 Å². The van der Waals surface area contributed by atoms with Gasteiger partial charge < -0.3 is 5.32 Å². The molecular weight excluding hydrogens is 286 g/mol. The van der Waals surface area contributed by atoms with Gasteiger partial charge in [-0.3, -0.25) is 0 Å². The van der Waals surface area contributed by atoms with Crippen LogP contribution in [0.15, 0.2) is 39.6 Å². The molecule has 0 aliphatic heterocycles. The monoisotopic (exact) mass is 301 g/mol. The van der Waals surface area contributed by atoms with Gasteiger partial charge in [-0.15, -0.1) is 11.3 Å². The first-order valence-corrected chi connectivity index (χ1v) is 8.05. The zero-order valence-corrected chi connectivity index (χ0v) is 13.2. The highest BCUT2D eigenvalue weighted by Gasteiger charge is 2.11. The molecule has 102 valence electrons. The molecule has 1 aromatic carbocycles. The lowest BCUT2D eigenvalue weighted by Gasteiger charge is -2.08. The maximum atomic E-state index is 4.60. The molecule has 0 aliphatic carbocycles. The Labute approximate surface area is 126 Å². The van der Waals surface area contributed by atoms with Gasteiger partial charge in [0.1, 0.15) is 9.86 Å². The zero-order chi connectivity index (χ0) is 14.1. The Morgan fingerprint density at radius 1 is 1.15 bits per heavy atom. The molecule has 0 aliphatic rings. The van der Waals surface area contributed by atoms with Crippen LogP contribution in [0.2, 0.25) is 0 Å². The predicted octanol–water partition coefficient (Wildman–Crippen LogP) is 4.50. The average Bonchev–Trinajstić information content (AvgIpc) is 2.90. The van der Waals surface area contributed by atoms with Gasteiger partial charge in [0.25, 0.3) is 0 Å². The van der Waals surface area contributed by atoms with Crippen LogP contribution in [0.1, 0.15) is 11.1 Å². The van der Waals surface area contributed by atoms with Gasteiger partial charge in [0, 0.05) is 17.3 Å². The molecule has 0 unspecified atom stereocenters. The lowest BCUT2D eigenvalue weighted by molar-refractivity contribution is 1.10. The number of nitrogens with one attached hydrogen (secondary N) is 1. The van der Waals surface area contributed by atoms with Gasteiger partial charge in [0.15, 0.2) is 0 Å². The molecule has 3 aromatic rings. The lowest BCUT2D eigenvalue weighted by Crippen LogP contribution is -1.97. The number of hydrogen-bond donors (Lipinski definition) is 1. The third-order valence-electron chi connectivity index (χ3n) is 3.05. The van der Waals surface area contributed by atoms with Crippen molar-refractivity contribution in [2.45, 2.75) is 23.8 Å². The maximum Gasteiger partial charge on any atom is 0.224 e. The molecule has 0 radical (unpaired) electrons. The first-order valence-electron chi connectivity index (χ1n) is 6.35. The number of thiophene rings is 1. The van der Waals surface area contributed by atoms with Crippen molar-refractivity contribution in [1.29, 1.82) is 0 Å². The molecule has 2 aromatic heterocycles. The summed E-state index contributed by atoms with van der Waals surface area (Å²) in [5.74, 6) is 0.673. The smallest absolute Gasteiger partial charge is 0.224 e. The minimum absolute atomic E-state index is 0.673. The quantitative estimate of drug-likeness (QED) is 0.723. The molecule has 0 fully saturated rings. The number of nitrogens with zero attached hydrogens (tertiary/aromatic N) is 2. The van der Waals surface area contributed by atoms with E-state index < -0.39 is 0 Å². The first-order chi connectivity index (χ1) is 9.67. The topological polar surface area (TPSA) is 37.8 Å². The summed E-state index contributed by atoms with van der Waals surface area (Å²) < 4.78 is 0. The van der Waals surface area contributed by atoms with E-state index in [1.807, 2.05) is 7.05 Å². The highest BCUT2D eigenvalue weighted by Crippen LogP contribution is 2.35. The Balaban J connectivity index is 2.07. The molecule has 0 spiro atoms. The van der Waals surface area contributed by atoms with Crippen molar-refractivity contribution >= 4 is 39.3 Å². The van der Waals surface area contributed by atoms with Gasteiger partial charge in [-0.05, 0) is 36.9 Å². The molecule has 20 heavy (non-hydrogen) atoms. The van der Waals surface area contributed by atoms with Gasteiger partial charge >= 0.3 is 0 Å². The normalized spacial score (nSPS) is 10.9. The number of aromatic nitrogens is 2. The van der Waals surface area contributed by atoms with Crippen molar-refractivity contribution in [3.63, 3.8) is 0 Å². The fraction of sp³-hybridized carbons (Fsp3) is 0.200. The summed E-state index contributed by atoms with van der Waals surface area (Å²) in [5.41, 5.74) is 2.56. The molecule has 2 heterocycles. The van der Waals surface area contributed by atoms with Crippen LogP contribution < -0.4 is 5.32 Å². The average molecular weight is 301 g/mol. The SMILES string of the molecule is CNc1nc(Sc2ccc(C)cc2C)c2ccsc2n1. The zero-order valence-electron chi connectivity index (χ0n) is 11.6. The molecule has 3 rings (SSSR count). The number of hydrogen-bond acceptors (Lipinski definition) is 5. The number of anilines is 1. The highest BCUT2D eigenvalue weighted by molar-refractivity contribution is 7.99. The maximum absolute atomic E-state index is 4.60. The Kier molecular flexibility index (Phi) is 3.63. The Bertz CT molecular complexity index is 765. The predicted molar refractivity (Wildman–Crippen MR) is 87.0 cm³/mol. The van der Waals surface area contributed by atoms with Crippen LogP contribution in [-0.4, -0.2) is 17.0 Å². The Morgan fingerprint density at radius 3 is 2.75 bits per heavy atom. The molecular formula is C15H15N3S2. The van der Waals surface area contributed by atoms with E-state index in [0.29, 0.717) is 5.95 Å². The summed E-state index contributed by atoms with van der Waals surface area (Å²) in [6, 6.07) is 8.59. The van der Waals surface area contributed by atoms with Crippen LogP contribution in [-0.2, 0) is 0 Å². The second kappa shape index (κ2) is 5.42. The summed E-state index contributed by atoms with van der Waals surface area (Å²) in [5, 5.41) is 7.22. The van der Waals surface area contributed by atoms with Crippen LogP contribution >= 0.6 is 23.1 Å². The fourth-order valence-electron chi connectivity index (χ4n) is 2.04. The summed E-state index contributed by atoms with van der Waals surface area (Å²) in [6.45, 7) is 4.25. The minimum Gasteiger partial charge on any atom is -0.357 e. The third kappa shape index (κ3) is 2.51. The van der Waals surface area contributed by atoms with Crippen LogP contribution in [0.25, 0.3) is 10.2 Å². The van der Waals surface area contributed by atoms with Crippen LogP contribution in [0.3, 0.4) is 0 Å². The first kappa shape index (κ1) is 13.4. The van der Waals surface area contributed by atoms with E-state index in [2.05, 4.69) is 58.8 Å². The second-order valence-corrected chi connectivity index (χ2v) is 6.54. The third-order valence-corrected chi connectivity index (χ3v) is 5.04. The van der Waals surface area contributed by atoms with E-state index in [-0.39, 0.29) is 0 Å². The molecule has 0 saturated heterocycles. The second-order valence-electron chi connectivity index (χ2n) is 4.61. The number of benzene rings is 1. The lowest BCUT2D eigenvalue weighted by atomic mass is 10.2. The van der Waals surface area contributed by atoms with E-state index in [1.54, 1.807) is 23.1 Å². The van der Waals surface area contributed by atoms with Gasteiger partial charge in [-0.1, -0.05) is 29.5 Å². The van der Waals surface area contributed by atoms with E-state index in [4.69, 9.17) is 0 Å². The van der Waals surface area contributed by atoms with Crippen LogP contribution in [0.5, 0.6) is 0 Å².